The Morgan fingerprint density at radius 2 is 2.10 bits per heavy atom. The fraction of sp³-hybridized carbons (Fsp3) is 0.188. The van der Waals surface area contributed by atoms with Crippen molar-refractivity contribution in [3.63, 3.8) is 0 Å². The highest BCUT2D eigenvalue weighted by molar-refractivity contribution is 6.02. The zero-order chi connectivity index (χ0) is 15.2. The predicted octanol–water partition coefficient (Wildman–Crippen LogP) is 1.69. The van der Waals surface area contributed by atoms with Crippen LogP contribution in [0.25, 0.3) is 0 Å². The van der Waals surface area contributed by atoms with Gasteiger partial charge in [-0.15, -0.1) is 0 Å². The second-order valence-corrected chi connectivity index (χ2v) is 4.49. The molecule has 106 valence electrons. The molecule has 2 N–H and O–H groups in total. The normalized spacial score (nSPS) is 9.67. The molecule has 0 aliphatic rings. The minimum Gasteiger partial charge on any atom is -0.384 e. The molecular weight excluding hydrogens is 266 g/mol. The average molecular weight is 281 g/mol. The van der Waals surface area contributed by atoms with Gasteiger partial charge in [0.2, 0.25) is 0 Å². The van der Waals surface area contributed by atoms with Crippen LogP contribution in [0.4, 0.5) is 5.69 Å². The molecule has 0 unspecified atom stereocenters. The summed E-state index contributed by atoms with van der Waals surface area (Å²) in [6.07, 6.45) is 2.99. The number of anilines is 1. The van der Waals surface area contributed by atoms with Gasteiger partial charge in [-0.3, -0.25) is 9.78 Å². The summed E-state index contributed by atoms with van der Waals surface area (Å²) in [6, 6.07) is 5.38. The van der Waals surface area contributed by atoms with E-state index in [1.54, 1.807) is 18.3 Å². The zero-order valence-electron chi connectivity index (χ0n) is 11.8. The Morgan fingerprint density at radius 3 is 2.71 bits per heavy atom. The van der Waals surface area contributed by atoms with Crippen molar-refractivity contribution in [1.82, 2.24) is 9.97 Å². The summed E-state index contributed by atoms with van der Waals surface area (Å²) in [5, 5.41) is 11.5. The maximum absolute atomic E-state index is 12.0. The molecule has 0 fully saturated rings. The molecular formula is C16H15N3O2. The lowest BCUT2D eigenvalue weighted by molar-refractivity contribution is 0.102. The summed E-state index contributed by atoms with van der Waals surface area (Å²) >= 11 is 0. The van der Waals surface area contributed by atoms with Crippen molar-refractivity contribution < 1.29 is 9.90 Å². The molecule has 1 aromatic carbocycles. The van der Waals surface area contributed by atoms with Crippen LogP contribution in [-0.4, -0.2) is 27.6 Å². The molecule has 0 saturated carbocycles. The predicted molar refractivity (Wildman–Crippen MR) is 79.9 cm³/mol. The highest BCUT2D eigenvalue weighted by atomic mass is 16.2. The lowest BCUT2D eigenvalue weighted by Gasteiger charge is -2.06. The van der Waals surface area contributed by atoms with Gasteiger partial charge in [-0.2, -0.15) is 0 Å². The molecule has 5 heteroatoms. The van der Waals surface area contributed by atoms with Crippen LogP contribution in [0.1, 0.15) is 27.3 Å². The quantitative estimate of drug-likeness (QED) is 0.821. The third-order valence-corrected chi connectivity index (χ3v) is 2.80. The summed E-state index contributed by atoms with van der Waals surface area (Å²) in [7, 11) is 0. The van der Waals surface area contributed by atoms with E-state index in [1.165, 1.54) is 6.20 Å². The van der Waals surface area contributed by atoms with E-state index >= 15 is 0 Å². The van der Waals surface area contributed by atoms with Crippen molar-refractivity contribution in [2.24, 2.45) is 0 Å². The van der Waals surface area contributed by atoms with Crippen LogP contribution in [0.3, 0.4) is 0 Å². The first kappa shape index (κ1) is 14.7. The first-order valence-electron chi connectivity index (χ1n) is 6.40. The van der Waals surface area contributed by atoms with E-state index < -0.39 is 0 Å². The Morgan fingerprint density at radius 1 is 1.29 bits per heavy atom. The number of aliphatic hydroxyl groups is 1. The van der Waals surface area contributed by atoms with Crippen molar-refractivity contribution >= 4 is 11.6 Å². The van der Waals surface area contributed by atoms with Crippen molar-refractivity contribution in [2.75, 3.05) is 11.9 Å². The second-order valence-electron chi connectivity index (χ2n) is 4.49. The minimum absolute atomic E-state index is 0.177. The number of aromatic nitrogens is 2. The molecule has 0 saturated heterocycles. The highest BCUT2D eigenvalue weighted by Crippen LogP contribution is 2.15. The molecule has 1 aromatic heterocycles. The van der Waals surface area contributed by atoms with Gasteiger partial charge in [0.1, 0.15) is 12.3 Å². The maximum Gasteiger partial charge on any atom is 0.275 e. The van der Waals surface area contributed by atoms with Crippen LogP contribution < -0.4 is 5.32 Å². The molecule has 5 nitrogen and oxygen atoms in total. The van der Waals surface area contributed by atoms with Crippen molar-refractivity contribution in [2.45, 2.75) is 13.8 Å². The Labute approximate surface area is 123 Å². The number of hydrogen-bond donors (Lipinski definition) is 2. The molecule has 2 rings (SSSR count). The number of nitrogens with zero attached hydrogens (tertiary/aromatic N) is 2. The fourth-order valence-electron chi connectivity index (χ4n) is 1.72. The van der Waals surface area contributed by atoms with Gasteiger partial charge >= 0.3 is 0 Å². The van der Waals surface area contributed by atoms with E-state index in [9.17, 15) is 4.79 Å². The summed E-state index contributed by atoms with van der Waals surface area (Å²) in [4.78, 5) is 20.1. The van der Waals surface area contributed by atoms with Gasteiger partial charge in [-0.1, -0.05) is 11.8 Å². The number of carbonyl (C=O) groups is 1. The van der Waals surface area contributed by atoms with E-state index in [2.05, 4.69) is 27.1 Å². The number of aliphatic hydroxyl groups excluding tert-OH is 1. The Balaban J connectivity index is 2.14. The SMILES string of the molecule is Cc1cnc(C(=O)Nc2ccc(C#CCO)c(C)c2)cn1. The largest absolute Gasteiger partial charge is 0.384 e. The number of carbonyl (C=O) groups excluding carboxylic acids is 1. The lowest BCUT2D eigenvalue weighted by atomic mass is 10.1. The molecule has 0 atom stereocenters. The van der Waals surface area contributed by atoms with E-state index in [-0.39, 0.29) is 18.2 Å². The topological polar surface area (TPSA) is 75.1 Å². The van der Waals surface area contributed by atoms with Crippen LogP contribution >= 0.6 is 0 Å². The molecule has 0 aliphatic carbocycles. The fourth-order valence-corrected chi connectivity index (χ4v) is 1.72. The van der Waals surface area contributed by atoms with Crippen LogP contribution in [0.15, 0.2) is 30.6 Å². The van der Waals surface area contributed by atoms with E-state index in [0.29, 0.717) is 5.69 Å². The Kier molecular flexibility index (Phi) is 4.64. The van der Waals surface area contributed by atoms with Crippen LogP contribution in [0, 0.1) is 25.7 Å². The van der Waals surface area contributed by atoms with Crippen molar-refractivity contribution in [3.05, 3.63) is 53.1 Å². The summed E-state index contributed by atoms with van der Waals surface area (Å²) in [6.45, 7) is 3.52. The second kappa shape index (κ2) is 6.64. The van der Waals surface area contributed by atoms with Gasteiger partial charge in [0, 0.05) is 17.4 Å². The first-order valence-corrected chi connectivity index (χ1v) is 6.40. The molecule has 0 spiro atoms. The Bertz CT molecular complexity index is 713. The summed E-state index contributed by atoms with van der Waals surface area (Å²) in [5.41, 5.74) is 3.42. The number of benzene rings is 1. The average Bonchev–Trinajstić information content (AvgIpc) is 2.47. The smallest absolute Gasteiger partial charge is 0.275 e. The number of hydrogen-bond acceptors (Lipinski definition) is 4. The zero-order valence-corrected chi connectivity index (χ0v) is 11.8. The van der Waals surface area contributed by atoms with Crippen LogP contribution in [0.2, 0.25) is 0 Å². The van der Waals surface area contributed by atoms with Crippen LogP contribution in [0.5, 0.6) is 0 Å². The van der Waals surface area contributed by atoms with Gasteiger partial charge in [-0.05, 0) is 37.6 Å². The Hall–Kier alpha value is -2.71. The monoisotopic (exact) mass is 281 g/mol. The first-order chi connectivity index (χ1) is 10.1. The lowest BCUT2D eigenvalue weighted by Crippen LogP contribution is -2.14. The van der Waals surface area contributed by atoms with Gasteiger partial charge in [0.25, 0.3) is 5.91 Å². The number of rotatable bonds is 2. The molecule has 2 aromatic rings. The van der Waals surface area contributed by atoms with E-state index in [1.807, 2.05) is 19.9 Å². The van der Waals surface area contributed by atoms with Crippen LogP contribution in [-0.2, 0) is 0 Å². The maximum atomic E-state index is 12.0. The number of amides is 1. The summed E-state index contributed by atoms with van der Waals surface area (Å²) in [5.74, 6) is 5.13. The number of aryl methyl sites for hydroxylation is 2. The van der Waals surface area contributed by atoms with Gasteiger partial charge in [0.15, 0.2) is 0 Å². The molecule has 1 heterocycles. The van der Waals surface area contributed by atoms with Crippen molar-refractivity contribution in [1.29, 1.82) is 0 Å². The molecule has 0 aliphatic heterocycles. The molecule has 0 radical (unpaired) electrons. The van der Waals surface area contributed by atoms with Gasteiger partial charge in [0.05, 0.1) is 11.9 Å². The standard InChI is InChI=1S/C16H15N3O2/c1-11-8-14(6-5-13(11)4-3-7-20)19-16(21)15-10-17-12(2)9-18-15/h5-6,8-10,20H,7H2,1-2H3,(H,19,21). The highest BCUT2D eigenvalue weighted by Gasteiger charge is 2.08. The third-order valence-electron chi connectivity index (χ3n) is 2.80. The third kappa shape index (κ3) is 3.88. The molecule has 0 bridgehead atoms. The molecule has 21 heavy (non-hydrogen) atoms. The van der Waals surface area contributed by atoms with Gasteiger partial charge < -0.3 is 10.4 Å². The minimum atomic E-state index is -0.309. The van der Waals surface area contributed by atoms with Crippen molar-refractivity contribution in [3.8, 4) is 11.8 Å². The summed E-state index contributed by atoms with van der Waals surface area (Å²) < 4.78 is 0. The van der Waals surface area contributed by atoms with E-state index in [0.717, 1.165) is 16.8 Å². The number of nitrogens with one attached hydrogen (secondary N) is 1. The molecule has 1 amide bonds. The van der Waals surface area contributed by atoms with E-state index in [4.69, 9.17) is 5.11 Å². The van der Waals surface area contributed by atoms with Gasteiger partial charge in [-0.25, -0.2) is 4.98 Å².